The van der Waals surface area contributed by atoms with Crippen molar-refractivity contribution < 1.29 is 9.53 Å². The number of nitrogens with zero attached hydrogens (tertiary/aromatic N) is 5. The molecule has 146 valence electrons. The summed E-state index contributed by atoms with van der Waals surface area (Å²) in [5.74, 6) is 0.221. The van der Waals surface area contributed by atoms with Crippen molar-refractivity contribution in [1.29, 1.82) is 5.26 Å². The van der Waals surface area contributed by atoms with Crippen LogP contribution in [-0.2, 0) is 16.7 Å². The summed E-state index contributed by atoms with van der Waals surface area (Å²) < 4.78 is 7.55. The number of carbonyl (C=O) groups is 1. The molecule has 1 saturated heterocycles. The number of anilines is 1. The molecule has 8 nitrogen and oxygen atoms in total. The van der Waals surface area contributed by atoms with Crippen molar-refractivity contribution in [2.24, 2.45) is 0 Å². The van der Waals surface area contributed by atoms with E-state index in [-0.39, 0.29) is 17.3 Å². The number of aryl methyl sites for hydroxylation is 1. The lowest BCUT2D eigenvalue weighted by Crippen LogP contribution is -2.37. The summed E-state index contributed by atoms with van der Waals surface area (Å²) in [4.78, 5) is 18.4. The van der Waals surface area contributed by atoms with Gasteiger partial charge in [0, 0.05) is 42.5 Å². The Hall–Kier alpha value is -3.08. The number of hydrogen-bond acceptors (Lipinski definition) is 6. The molecule has 0 aliphatic carbocycles. The quantitative estimate of drug-likeness (QED) is 0.814. The number of nitrogens with two attached hydrogens (primary N) is 1. The SMILES string of the molecule is CC(C)(C)OC(=O)N1CC[C@@]2(CCn3nc(-c4cnc(N)c(C#N)c4)cc32)C1. The molecular formula is C20H24N6O2. The Morgan fingerprint density at radius 1 is 1.32 bits per heavy atom. The first-order chi connectivity index (χ1) is 13.2. The molecule has 4 heterocycles. The predicted molar refractivity (Wildman–Crippen MR) is 103 cm³/mol. The molecule has 2 aliphatic rings. The molecule has 0 saturated carbocycles. The van der Waals surface area contributed by atoms with Gasteiger partial charge in [0.1, 0.15) is 17.5 Å². The molecule has 1 spiro atoms. The molecule has 0 radical (unpaired) electrons. The molecule has 2 aromatic heterocycles. The highest BCUT2D eigenvalue weighted by Gasteiger charge is 2.47. The van der Waals surface area contributed by atoms with E-state index in [4.69, 9.17) is 15.6 Å². The van der Waals surface area contributed by atoms with Crippen molar-refractivity contribution >= 4 is 11.9 Å². The maximum atomic E-state index is 12.5. The third-order valence-corrected chi connectivity index (χ3v) is 5.47. The van der Waals surface area contributed by atoms with Gasteiger partial charge in [-0.05, 0) is 45.7 Å². The van der Waals surface area contributed by atoms with E-state index in [1.165, 1.54) is 0 Å². The Morgan fingerprint density at radius 3 is 2.79 bits per heavy atom. The van der Waals surface area contributed by atoms with Crippen LogP contribution >= 0.6 is 0 Å². The predicted octanol–water partition coefficient (Wildman–Crippen LogP) is 2.68. The number of amides is 1. The van der Waals surface area contributed by atoms with Crippen molar-refractivity contribution in [3.05, 3.63) is 29.6 Å². The molecule has 0 bridgehead atoms. The first-order valence-electron chi connectivity index (χ1n) is 9.43. The van der Waals surface area contributed by atoms with Crippen LogP contribution in [0.1, 0.15) is 44.9 Å². The van der Waals surface area contributed by atoms with Crippen LogP contribution in [-0.4, -0.2) is 44.4 Å². The van der Waals surface area contributed by atoms with Crippen LogP contribution in [0.2, 0.25) is 0 Å². The van der Waals surface area contributed by atoms with Gasteiger partial charge in [-0.2, -0.15) is 10.4 Å². The third kappa shape index (κ3) is 3.07. The zero-order valence-corrected chi connectivity index (χ0v) is 16.4. The Kier molecular flexibility index (Phi) is 4.07. The molecule has 2 aromatic rings. The largest absolute Gasteiger partial charge is 0.444 e. The summed E-state index contributed by atoms with van der Waals surface area (Å²) in [5.41, 5.74) is 8.14. The van der Waals surface area contributed by atoms with Crippen molar-refractivity contribution in [3.63, 3.8) is 0 Å². The van der Waals surface area contributed by atoms with E-state index in [0.29, 0.717) is 18.7 Å². The number of nitrogen functional groups attached to an aromatic ring is 1. The maximum Gasteiger partial charge on any atom is 0.410 e. The van der Waals surface area contributed by atoms with Crippen molar-refractivity contribution in [2.75, 3.05) is 18.8 Å². The van der Waals surface area contributed by atoms with Gasteiger partial charge in [-0.3, -0.25) is 4.68 Å². The van der Waals surface area contributed by atoms with Crippen LogP contribution in [0, 0.1) is 11.3 Å². The number of fused-ring (bicyclic) bond motifs is 2. The standard InChI is InChI=1S/C20H24N6O2/c1-19(2,3)28-18(27)25-6-4-20(12-25)5-7-26-16(20)9-15(24-26)14-8-13(10-21)17(22)23-11-14/h8-9,11H,4-7,12H2,1-3H3,(H2,22,23)/t20-/m1/s1. The number of carbonyl (C=O) groups excluding carboxylic acids is 1. The van der Waals surface area contributed by atoms with Gasteiger partial charge in [0.15, 0.2) is 0 Å². The van der Waals surface area contributed by atoms with Gasteiger partial charge in [-0.25, -0.2) is 9.78 Å². The maximum absolute atomic E-state index is 12.5. The molecule has 0 aromatic carbocycles. The van der Waals surface area contributed by atoms with E-state index in [0.717, 1.165) is 36.3 Å². The monoisotopic (exact) mass is 380 g/mol. The summed E-state index contributed by atoms with van der Waals surface area (Å²) in [6, 6.07) is 5.83. The number of rotatable bonds is 1. The highest BCUT2D eigenvalue weighted by Crippen LogP contribution is 2.44. The normalized spacial score (nSPS) is 21.0. The van der Waals surface area contributed by atoms with E-state index in [1.54, 1.807) is 17.2 Å². The Bertz CT molecular complexity index is 984. The van der Waals surface area contributed by atoms with Crippen LogP contribution in [0.15, 0.2) is 18.3 Å². The number of hydrogen-bond donors (Lipinski definition) is 1. The van der Waals surface area contributed by atoms with Gasteiger partial charge >= 0.3 is 6.09 Å². The molecule has 2 N–H and O–H groups in total. The highest BCUT2D eigenvalue weighted by atomic mass is 16.6. The molecule has 28 heavy (non-hydrogen) atoms. The Balaban J connectivity index is 1.59. The van der Waals surface area contributed by atoms with Gasteiger partial charge in [-0.1, -0.05) is 0 Å². The number of likely N-dealkylation sites (tertiary alicyclic amines) is 1. The van der Waals surface area contributed by atoms with Gasteiger partial charge in [-0.15, -0.1) is 0 Å². The fraction of sp³-hybridized carbons (Fsp3) is 0.500. The lowest BCUT2D eigenvalue weighted by Gasteiger charge is -2.26. The van der Waals surface area contributed by atoms with Gasteiger partial charge in [0.05, 0.1) is 11.3 Å². The second-order valence-corrected chi connectivity index (χ2v) is 8.59. The summed E-state index contributed by atoms with van der Waals surface area (Å²) in [6.07, 6.45) is 3.23. The van der Waals surface area contributed by atoms with E-state index in [1.807, 2.05) is 25.5 Å². The minimum atomic E-state index is -0.502. The van der Waals surface area contributed by atoms with Crippen molar-refractivity contribution in [1.82, 2.24) is 19.7 Å². The lowest BCUT2D eigenvalue weighted by molar-refractivity contribution is 0.0284. The van der Waals surface area contributed by atoms with Gasteiger partial charge in [0.2, 0.25) is 0 Å². The Morgan fingerprint density at radius 2 is 2.07 bits per heavy atom. The fourth-order valence-corrected chi connectivity index (χ4v) is 4.08. The first kappa shape index (κ1) is 18.3. The van der Waals surface area contributed by atoms with Crippen LogP contribution in [0.5, 0.6) is 0 Å². The Labute approximate surface area is 163 Å². The van der Waals surface area contributed by atoms with E-state index in [9.17, 15) is 10.1 Å². The zero-order chi connectivity index (χ0) is 20.1. The van der Waals surface area contributed by atoms with Crippen LogP contribution in [0.4, 0.5) is 10.6 Å². The minimum Gasteiger partial charge on any atom is -0.444 e. The zero-order valence-electron chi connectivity index (χ0n) is 16.4. The molecule has 8 heteroatoms. The number of ether oxygens (including phenoxy) is 1. The topological polar surface area (TPSA) is 110 Å². The van der Waals surface area contributed by atoms with Crippen LogP contribution in [0.3, 0.4) is 0 Å². The second kappa shape index (κ2) is 6.23. The summed E-state index contributed by atoms with van der Waals surface area (Å²) >= 11 is 0. The minimum absolute atomic E-state index is 0.0958. The lowest BCUT2D eigenvalue weighted by atomic mass is 9.82. The number of aromatic nitrogens is 3. The summed E-state index contributed by atoms with van der Waals surface area (Å²) in [5, 5.41) is 13.9. The van der Waals surface area contributed by atoms with E-state index < -0.39 is 5.60 Å². The van der Waals surface area contributed by atoms with E-state index in [2.05, 4.69) is 17.1 Å². The number of pyridine rings is 1. The third-order valence-electron chi connectivity index (χ3n) is 5.47. The van der Waals surface area contributed by atoms with Crippen LogP contribution < -0.4 is 5.73 Å². The fourth-order valence-electron chi connectivity index (χ4n) is 4.08. The molecule has 1 amide bonds. The first-order valence-corrected chi connectivity index (χ1v) is 9.43. The van der Waals surface area contributed by atoms with Gasteiger partial charge in [0.25, 0.3) is 0 Å². The molecular weight excluding hydrogens is 356 g/mol. The molecule has 2 aliphatic heterocycles. The second-order valence-electron chi connectivity index (χ2n) is 8.59. The van der Waals surface area contributed by atoms with Gasteiger partial charge < -0.3 is 15.4 Å². The van der Waals surface area contributed by atoms with Crippen molar-refractivity contribution in [2.45, 2.75) is 51.2 Å². The average Bonchev–Trinajstić information content (AvgIpc) is 3.31. The molecule has 4 rings (SSSR count). The summed E-state index contributed by atoms with van der Waals surface area (Å²) in [6.45, 7) is 7.76. The highest BCUT2D eigenvalue weighted by molar-refractivity contribution is 5.69. The van der Waals surface area contributed by atoms with Crippen LogP contribution in [0.25, 0.3) is 11.3 Å². The number of nitriles is 1. The molecule has 1 fully saturated rings. The average molecular weight is 380 g/mol. The van der Waals surface area contributed by atoms with E-state index >= 15 is 0 Å². The smallest absolute Gasteiger partial charge is 0.410 e. The molecule has 1 atom stereocenters. The van der Waals surface area contributed by atoms with Crippen molar-refractivity contribution in [3.8, 4) is 17.3 Å². The molecule has 0 unspecified atom stereocenters. The summed E-state index contributed by atoms with van der Waals surface area (Å²) in [7, 11) is 0.